The number of piperidine rings is 1. The van der Waals surface area contributed by atoms with Crippen LogP contribution in [0.25, 0.3) is 0 Å². The Labute approximate surface area is 127 Å². The van der Waals surface area contributed by atoms with Crippen LogP contribution in [0.5, 0.6) is 0 Å². The highest BCUT2D eigenvalue weighted by molar-refractivity contribution is 5.81. The average Bonchev–Trinajstić information content (AvgIpc) is 2.81. The highest BCUT2D eigenvalue weighted by Gasteiger charge is 2.25. The summed E-state index contributed by atoms with van der Waals surface area (Å²) in [6.45, 7) is 8.81. The minimum absolute atomic E-state index is 0.00242. The molecule has 2 unspecified atom stereocenters. The van der Waals surface area contributed by atoms with E-state index >= 15 is 0 Å². The molecule has 2 N–H and O–H groups in total. The van der Waals surface area contributed by atoms with Crippen molar-refractivity contribution < 1.29 is 4.79 Å². The molecule has 5 nitrogen and oxygen atoms in total. The number of nitrogens with one attached hydrogen (secondary N) is 2. The fourth-order valence-electron chi connectivity index (χ4n) is 3.03. The summed E-state index contributed by atoms with van der Waals surface area (Å²) in [5, 5.41) is 10.8. The fraction of sp³-hybridized carbons (Fsp3) is 0.750. The molecule has 2 atom stereocenters. The number of hydrogen-bond acceptors (Lipinski definition) is 3. The molecule has 2 heterocycles. The molecule has 118 valence electrons. The first kappa shape index (κ1) is 16.0. The van der Waals surface area contributed by atoms with Gasteiger partial charge in [-0.3, -0.25) is 9.48 Å². The van der Waals surface area contributed by atoms with Crippen LogP contribution < -0.4 is 10.6 Å². The van der Waals surface area contributed by atoms with Crippen LogP contribution in [0.15, 0.2) is 6.07 Å². The molecule has 0 saturated carbocycles. The summed E-state index contributed by atoms with van der Waals surface area (Å²) < 4.78 is 2.01. The van der Waals surface area contributed by atoms with E-state index in [0.717, 1.165) is 31.6 Å². The van der Waals surface area contributed by atoms with Gasteiger partial charge in [-0.25, -0.2) is 0 Å². The molecule has 0 spiro atoms. The van der Waals surface area contributed by atoms with Gasteiger partial charge in [-0.05, 0) is 51.6 Å². The monoisotopic (exact) mass is 292 g/mol. The van der Waals surface area contributed by atoms with Crippen molar-refractivity contribution in [2.75, 3.05) is 13.1 Å². The Balaban J connectivity index is 1.68. The smallest absolute Gasteiger partial charge is 0.237 e. The summed E-state index contributed by atoms with van der Waals surface area (Å²) in [7, 11) is 0. The summed E-state index contributed by atoms with van der Waals surface area (Å²) in [6.07, 6.45) is 4.25. The van der Waals surface area contributed by atoms with E-state index < -0.39 is 0 Å². The van der Waals surface area contributed by atoms with Crippen molar-refractivity contribution in [3.63, 3.8) is 0 Å². The number of aromatic nitrogens is 2. The van der Waals surface area contributed by atoms with Gasteiger partial charge in [-0.15, -0.1) is 0 Å². The van der Waals surface area contributed by atoms with E-state index in [-0.39, 0.29) is 11.9 Å². The molecule has 1 saturated heterocycles. The molecule has 0 bridgehead atoms. The molecule has 1 fully saturated rings. The number of aryl methyl sites for hydroxylation is 3. The van der Waals surface area contributed by atoms with Gasteiger partial charge in [0.05, 0.1) is 11.7 Å². The Bertz CT molecular complexity index is 469. The van der Waals surface area contributed by atoms with Crippen molar-refractivity contribution in [1.29, 1.82) is 0 Å². The van der Waals surface area contributed by atoms with Crippen LogP contribution in [-0.4, -0.2) is 34.8 Å². The topological polar surface area (TPSA) is 59.0 Å². The average molecular weight is 292 g/mol. The molecule has 1 aliphatic rings. The van der Waals surface area contributed by atoms with E-state index in [1.54, 1.807) is 0 Å². The number of nitrogens with zero attached hydrogens (tertiary/aromatic N) is 2. The van der Waals surface area contributed by atoms with Gasteiger partial charge in [0, 0.05) is 18.8 Å². The van der Waals surface area contributed by atoms with E-state index in [1.807, 2.05) is 11.6 Å². The predicted molar refractivity (Wildman–Crippen MR) is 84.1 cm³/mol. The van der Waals surface area contributed by atoms with Crippen LogP contribution in [0.4, 0.5) is 0 Å². The van der Waals surface area contributed by atoms with Crippen LogP contribution in [0.2, 0.25) is 0 Å². The van der Waals surface area contributed by atoms with E-state index in [0.29, 0.717) is 12.5 Å². The lowest BCUT2D eigenvalue weighted by atomic mass is 9.90. The van der Waals surface area contributed by atoms with Crippen molar-refractivity contribution in [1.82, 2.24) is 20.4 Å². The lowest BCUT2D eigenvalue weighted by Gasteiger charge is -2.28. The molecule has 21 heavy (non-hydrogen) atoms. The van der Waals surface area contributed by atoms with Crippen molar-refractivity contribution in [2.45, 2.75) is 59.0 Å². The Kier molecular flexibility index (Phi) is 5.79. The Morgan fingerprint density at radius 1 is 1.52 bits per heavy atom. The van der Waals surface area contributed by atoms with Gasteiger partial charge < -0.3 is 10.6 Å². The molecule has 1 aromatic rings. The second kappa shape index (κ2) is 7.59. The van der Waals surface area contributed by atoms with E-state index in [2.05, 4.69) is 35.6 Å². The number of rotatable bonds is 6. The number of carbonyl (C=O) groups excluding carboxylic acids is 1. The second-order valence-corrected chi connectivity index (χ2v) is 6.10. The minimum Gasteiger partial charge on any atom is -0.355 e. The van der Waals surface area contributed by atoms with Crippen LogP contribution in [0.3, 0.4) is 0 Å². The van der Waals surface area contributed by atoms with Gasteiger partial charge in [0.15, 0.2) is 0 Å². The van der Waals surface area contributed by atoms with Gasteiger partial charge in [0.2, 0.25) is 5.91 Å². The van der Waals surface area contributed by atoms with Crippen LogP contribution in [0.1, 0.15) is 44.0 Å². The molecule has 1 aliphatic heterocycles. The summed E-state index contributed by atoms with van der Waals surface area (Å²) in [6, 6.07) is 2.08. The quantitative estimate of drug-likeness (QED) is 0.786. The molecule has 0 aromatic carbocycles. The van der Waals surface area contributed by atoms with Gasteiger partial charge in [-0.1, -0.05) is 13.3 Å². The van der Waals surface area contributed by atoms with Crippen LogP contribution >= 0.6 is 0 Å². The van der Waals surface area contributed by atoms with E-state index in [4.69, 9.17) is 0 Å². The summed E-state index contributed by atoms with van der Waals surface area (Å²) in [5.41, 5.74) is 2.23. The number of carbonyl (C=O) groups is 1. The largest absolute Gasteiger partial charge is 0.355 e. The maximum atomic E-state index is 12.1. The molecular weight excluding hydrogens is 264 g/mol. The molecule has 0 aliphatic carbocycles. The molecule has 1 aromatic heterocycles. The lowest BCUT2D eigenvalue weighted by molar-refractivity contribution is -0.124. The Morgan fingerprint density at radius 2 is 2.33 bits per heavy atom. The molecule has 1 amide bonds. The third-order valence-corrected chi connectivity index (χ3v) is 4.36. The minimum atomic E-state index is -0.00242. The first-order valence-corrected chi connectivity index (χ1v) is 8.12. The van der Waals surface area contributed by atoms with Crippen LogP contribution in [-0.2, 0) is 11.3 Å². The highest BCUT2D eigenvalue weighted by atomic mass is 16.2. The maximum Gasteiger partial charge on any atom is 0.237 e. The summed E-state index contributed by atoms with van der Waals surface area (Å²) in [4.78, 5) is 12.1. The first-order valence-electron chi connectivity index (χ1n) is 8.12. The number of hydrogen-bond donors (Lipinski definition) is 2. The Hall–Kier alpha value is -1.36. The lowest BCUT2D eigenvalue weighted by Crippen LogP contribution is -2.48. The normalized spacial score (nSPS) is 22.2. The Morgan fingerprint density at radius 3 is 3.00 bits per heavy atom. The van der Waals surface area contributed by atoms with Crippen molar-refractivity contribution >= 4 is 5.91 Å². The van der Waals surface area contributed by atoms with E-state index in [9.17, 15) is 4.79 Å². The predicted octanol–water partition coefficient (Wildman–Crippen LogP) is 1.78. The van der Waals surface area contributed by atoms with Crippen molar-refractivity contribution in [3.05, 3.63) is 17.5 Å². The zero-order valence-electron chi connectivity index (χ0n) is 13.5. The van der Waals surface area contributed by atoms with Crippen LogP contribution in [0, 0.1) is 19.8 Å². The molecule has 2 rings (SSSR count). The van der Waals surface area contributed by atoms with E-state index in [1.165, 1.54) is 18.5 Å². The highest BCUT2D eigenvalue weighted by Crippen LogP contribution is 2.19. The van der Waals surface area contributed by atoms with Gasteiger partial charge in [0.1, 0.15) is 0 Å². The standard InChI is InChI=1S/C16H28N4O/c1-4-14-6-8-17-15(11-14)16(21)18-7-5-9-20-13(3)10-12(2)19-20/h10,14-15,17H,4-9,11H2,1-3H3,(H,18,21). The van der Waals surface area contributed by atoms with Gasteiger partial charge in [-0.2, -0.15) is 5.10 Å². The van der Waals surface area contributed by atoms with Gasteiger partial charge in [0.25, 0.3) is 0 Å². The molecule has 5 heteroatoms. The fourth-order valence-corrected chi connectivity index (χ4v) is 3.03. The zero-order valence-corrected chi connectivity index (χ0v) is 13.5. The van der Waals surface area contributed by atoms with Crippen molar-refractivity contribution in [3.8, 4) is 0 Å². The van der Waals surface area contributed by atoms with Gasteiger partial charge >= 0.3 is 0 Å². The second-order valence-electron chi connectivity index (χ2n) is 6.10. The SMILES string of the molecule is CCC1CCNC(C(=O)NCCCn2nc(C)cc2C)C1. The number of amides is 1. The maximum absolute atomic E-state index is 12.1. The summed E-state index contributed by atoms with van der Waals surface area (Å²) in [5.74, 6) is 0.846. The summed E-state index contributed by atoms with van der Waals surface area (Å²) >= 11 is 0. The zero-order chi connectivity index (χ0) is 15.2. The third kappa shape index (κ3) is 4.56. The third-order valence-electron chi connectivity index (χ3n) is 4.36. The molecule has 0 radical (unpaired) electrons. The molecular formula is C16H28N4O. The first-order chi connectivity index (χ1) is 10.1. The van der Waals surface area contributed by atoms with Crippen molar-refractivity contribution in [2.24, 2.45) is 5.92 Å².